The Bertz CT molecular complexity index is 664. The number of hydrogen-bond donors (Lipinski definition) is 0. The molecule has 0 aliphatic carbocycles. The first kappa shape index (κ1) is 12.7. The van der Waals surface area contributed by atoms with E-state index in [1.54, 1.807) is 4.57 Å². The topological polar surface area (TPSA) is 4.93 Å². The number of hydrogen-bond acceptors (Lipinski definition) is 0. The molecule has 1 aromatic heterocycles. The third kappa shape index (κ3) is 1.94. The molecule has 0 radical (unpaired) electrons. The van der Waals surface area contributed by atoms with Crippen molar-refractivity contribution in [3.05, 3.63) is 77.7 Å². The van der Waals surface area contributed by atoms with E-state index in [-0.39, 0.29) is 5.95 Å². The fourth-order valence-electron chi connectivity index (χ4n) is 2.53. The van der Waals surface area contributed by atoms with Crippen molar-refractivity contribution in [3.8, 4) is 16.9 Å². The molecule has 1 nitrogen and oxygen atoms in total. The fraction of sp³-hybridized carbons (Fsp3) is 0.111. The van der Waals surface area contributed by atoms with E-state index >= 15 is 0 Å². The van der Waals surface area contributed by atoms with Crippen molar-refractivity contribution >= 4 is 0 Å². The van der Waals surface area contributed by atoms with Crippen LogP contribution >= 0.6 is 0 Å². The largest absolute Gasteiger partial charge is 0.286 e. The van der Waals surface area contributed by atoms with Gasteiger partial charge in [-0.2, -0.15) is 4.39 Å². The Kier molecular flexibility index (Phi) is 3.15. The molecule has 2 heteroatoms. The summed E-state index contributed by atoms with van der Waals surface area (Å²) in [6.07, 6.45) is 0. The first-order valence-corrected chi connectivity index (χ1v) is 6.68. The van der Waals surface area contributed by atoms with E-state index in [1.165, 1.54) is 0 Å². The molecule has 0 atom stereocenters. The maximum Gasteiger partial charge on any atom is 0.201 e. The Balaban J connectivity index is 2.32. The number of halogens is 1. The molecule has 0 aliphatic heterocycles. The quantitative estimate of drug-likeness (QED) is 0.621. The molecule has 0 spiro atoms. The second-order valence-corrected chi connectivity index (χ2v) is 4.93. The Hall–Kier alpha value is -2.35. The van der Waals surface area contributed by atoms with Crippen LogP contribution in [-0.4, -0.2) is 4.57 Å². The first-order valence-electron chi connectivity index (χ1n) is 6.68. The minimum Gasteiger partial charge on any atom is -0.286 e. The molecule has 0 saturated heterocycles. The average Bonchev–Trinajstić information content (AvgIpc) is 2.73. The molecule has 0 unspecified atom stereocenters. The Morgan fingerprint density at radius 2 is 1.30 bits per heavy atom. The lowest BCUT2D eigenvalue weighted by Crippen LogP contribution is -2.00. The lowest BCUT2D eigenvalue weighted by atomic mass is 10.1. The van der Waals surface area contributed by atoms with E-state index in [0.29, 0.717) is 5.56 Å². The van der Waals surface area contributed by atoms with Crippen LogP contribution in [-0.2, 0) is 0 Å². The lowest BCUT2D eigenvalue weighted by molar-refractivity contribution is 0.554. The zero-order valence-corrected chi connectivity index (χ0v) is 11.6. The van der Waals surface area contributed by atoms with Crippen molar-refractivity contribution in [1.29, 1.82) is 0 Å². The Labute approximate surface area is 118 Å². The van der Waals surface area contributed by atoms with Gasteiger partial charge in [0.1, 0.15) is 0 Å². The molecule has 0 amide bonds. The van der Waals surface area contributed by atoms with Gasteiger partial charge in [-0.15, -0.1) is 0 Å². The van der Waals surface area contributed by atoms with E-state index in [2.05, 4.69) is 0 Å². The SMILES string of the molecule is Cc1c(C)c(-c2ccccc2)n(-c2ccccc2)c1F. The maximum atomic E-state index is 14.6. The molecule has 1 heterocycles. The second kappa shape index (κ2) is 4.97. The summed E-state index contributed by atoms with van der Waals surface area (Å²) in [6, 6.07) is 19.6. The second-order valence-electron chi connectivity index (χ2n) is 4.93. The van der Waals surface area contributed by atoms with Crippen LogP contribution in [0.15, 0.2) is 60.7 Å². The normalized spacial score (nSPS) is 10.8. The zero-order valence-electron chi connectivity index (χ0n) is 11.6. The van der Waals surface area contributed by atoms with Crippen molar-refractivity contribution in [3.63, 3.8) is 0 Å². The van der Waals surface area contributed by atoms with Gasteiger partial charge in [0.05, 0.1) is 5.69 Å². The highest BCUT2D eigenvalue weighted by atomic mass is 19.1. The van der Waals surface area contributed by atoms with Gasteiger partial charge in [0, 0.05) is 11.3 Å². The number of rotatable bonds is 2. The van der Waals surface area contributed by atoms with Crippen molar-refractivity contribution < 1.29 is 4.39 Å². The number of aromatic nitrogens is 1. The van der Waals surface area contributed by atoms with Crippen LogP contribution in [0.2, 0.25) is 0 Å². The predicted octanol–water partition coefficient (Wildman–Crippen LogP) is 4.90. The molecule has 0 fully saturated rings. The minimum absolute atomic E-state index is 0.187. The third-order valence-electron chi connectivity index (χ3n) is 3.71. The molecule has 0 saturated carbocycles. The highest BCUT2D eigenvalue weighted by molar-refractivity contribution is 5.68. The van der Waals surface area contributed by atoms with Crippen LogP contribution < -0.4 is 0 Å². The van der Waals surface area contributed by atoms with E-state index in [9.17, 15) is 4.39 Å². The number of para-hydroxylation sites is 1. The Morgan fingerprint density at radius 3 is 1.90 bits per heavy atom. The van der Waals surface area contributed by atoms with Gasteiger partial charge >= 0.3 is 0 Å². The summed E-state index contributed by atoms with van der Waals surface area (Å²) < 4.78 is 16.3. The molecule has 0 N–H and O–H groups in total. The van der Waals surface area contributed by atoms with Gasteiger partial charge in [0.15, 0.2) is 0 Å². The van der Waals surface area contributed by atoms with Gasteiger partial charge in [0.25, 0.3) is 0 Å². The predicted molar refractivity (Wildman–Crippen MR) is 80.6 cm³/mol. The molecular formula is C18H16FN. The molecule has 3 aromatic rings. The van der Waals surface area contributed by atoms with Crippen LogP contribution in [0, 0.1) is 19.8 Å². The van der Waals surface area contributed by atoms with Crippen LogP contribution in [0.25, 0.3) is 16.9 Å². The summed E-state index contributed by atoms with van der Waals surface area (Å²) >= 11 is 0. The van der Waals surface area contributed by atoms with Crippen molar-refractivity contribution in [2.75, 3.05) is 0 Å². The van der Waals surface area contributed by atoms with E-state index in [4.69, 9.17) is 0 Å². The number of benzene rings is 2. The van der Waals surface area contributed by atoms with Crippen molar-refractivity contribution in [2.24, 2.45) is 0 Å². The monoisotopic (exact) mass is 265 g/mol. The smallest absolute Gasteiger partial charge is 0.201 e. The third-order valence-corrected chi connectivity index (χ3v) is 3.71. The zero-order chi connectivity index (χ0) is 14.1. The van der Waals surface area contributed by atoms with Gasteiger partial charge in [-0.3, -0.25) is 4.57 Å². The highest BCUT2D eigenvalue weighted by Crippen LogP contribution is 2.32. The Morgan fingerprint density at radius 1 is 0.750 bits per heavy atom. The van der Waals surface area contributed by atoms with Gasteiger partial charge in [-0.25, -0.2) is 0 Å². The molecule has 20 heavy (non-hydrogen) atoms. The molecule has 0 bridgehead atoms. The summed E-state index contributed by atoms with van der Waals surface area (Å²) in [5.74, 6) is -0.187. The lowest BCUT2D eigenvalue weighted by Gasteiger charge is -2.11. The van der Waals surface area contributed by atoms with E-state index in [1.807, 2.05) is 74.5 Å². The standard InChI is InChI=1S/C18H16FN/c1-13-14(2)18(19)20(16-11-7-4-8-12-16)17(13)15-9-5-3-6-10-15/h3-12H,1-2H3. The molecule has 0 aliphatic rings. The van der Waals surface area contributed by atoms with Crippen LogP contribution in [0.4, 0.5) is 4.39 Å². The van der Waals surface area contributed by atoms with Gasteiger partial charge in [0.2, 0.25) is 5.95 Å². The summed E-state index contributed by atoms with van der Waals surface area (Å²) in [6.45, 7) is 3.80. The summed E-state index contributed by atoms with van der Waals surface area (Å²) in [4.78, 5) is 0. The van der Waals surface area contributed by atoms with Crippen LogP contribution in [0.5, 0.6) is 0 Å². The van der Waals surface area contributed by atoms with Gasteiger partial charge in [-0.05, 0) is 37.1 Å². The average molecular weight is 265 g/mol. The van der Waals surface area contributed by atoms with Gasteiger partial charge in [-0.1, -0.05) is 48.5 Å². The summed E-state index contributed by atoms with van der Waals surface area (Å²) in [5.41, 5.74) is 4.48. The molecule has 3 rings (SSSR count). The number of nitrogens with zero attached hydrogens (tertiary/aromatic N) is 1. The highest BCUT2D eigenvalue weighted by Gasteiger charge is 2.19. The van der Waals surface area contributed by atoms with Crippen LogP contribution in [0.1, 0.15) is 11.1 Å². The summed E-state index contributed by atoms with van der Waals surface area (Å²) in [7, 11) is 0. The fourth-order valence-corrected chi connectivity index (χ4v) is 2.53. The van der Waals surface area contributed by atoms with Crippen molar-refractivity contribution in [1.82, 2.24) is 4.57 Å². The van der Waals surface area contributed by atoms with Crippen LogP contribution in [0.3, 0.4) is 0 Å². The molecule has 2 aromatic carbocycles. The molecule has 100 valence electrons. The van der Waals surface area contributed by atoms with Gasteiger partial charge < -0.3 is 0 Å². The minimum atomic E-state index is -0.187. The summed E-state index contributed by atoms with van der Waals surface area (Å²) in [5, 5.41) is 0. The van der Waals surface area contributed by atoms with E-state index < -0.39 is 0 Å². The first-order chi connectivity index (χ1) is 9.70. The molecular weight excluding hydrogens is 249 g/mol. The maximum absolute atomic E-state index is 14.6. The van der Waals surface area contributed by atoms with Crippen molar-refractivity contribution in [2.45, 2.75) is 13.8 Å². The van der Waals surface area contributed by atoms with E-state index in [0.717, 1.165) is 22.5 Å².